The lowest BCUT2D eigenvalue weighted by Crippen LogP contribution is -2.51. The van der Waals surface area contributed by atoms with Gasteiger partial charge >= 0.3 is 18.0 Å². The standard InChI is InChI=1S/C31H34N4O9/c1-4-11-42-30(40)32-10-12-41-17-25(36)33-18(3)28(38)44-31(5-2)22-14-24-26-20(13-19-8-6-7-9-23(19)34-26)15-35(24)27(37)21(22)16-43-29(31)39/h6-9,13-14,18H,4-5,10-12,15-17H2,1-3H3,(H,32,40)(H,33,36)/t18?,31-/m0/s1. The van der Waals surface area contributed by atoms with Gasteiger partial charge in [0, 0.05) is 23.1 Å². The third kappa shape index (κ3) is 5.87. The second kappa shape index (κ2) is 12.8. The Hall–Kier alpha value is -4.78. The number of carbonyl (C=O) groups is 4. The maximum absolute atomic E-state index is 13.7. The number of alkyl carbamates (subject to hydrolysis) is 1. The largest absolute Gasteiger partial charge is 0.457 e. The van der Waals surface area contributed by atoms with Crippen LogP contribution in [0, 0.1) is 0 Å². The molecule has 2 N–H and O–H groups in total. The van der Waals surface area contributed by atoms with Crippen molar-refractivity contribution in [3.8, 4) is 11.4 Å². The average molecular weight is 607 g/mol. The fraction of sp³-hybridized carbons (Fsp3) is 0.419. The molecule has 0 saturated heterocycles. The zero-order valence-corrected chi connectivity index (χ0v) is 24.8. The van der Waals surface area contributed by atoms with Crippen molar-refractivity contribution in [1.29, 1.82) is 0 Å². The van der Waals surface area contributed by atoms with Gasteiger partial charge in [-0.2, -0.15) is 0 Å². The Balaban J connectivity index is 1.30. The minimum atomic E-state index is -1.90. The Morgan fingerprint density at radius 2 is 1.93 bits per heavy atom. The van der Waals surface area contributed by atoms with Crippen LogP contribution in [0.5, 0.6) is 0 Å². The first-order valence-corrected chi connectivity index (χ1v) is 14.5. The summed E-state index contributed by atoms with van der Waals surface area (Å²) < 4.78 is 22.9. The molecular weight excluding hydrogens is 572 g/mol. The van der Waals surface area contributed by atoms with E-state index >= 15 is 0 Å². The molecule has 13 nitrogen and oxygen atoms in total. The van der Waals surface area contributed by atoms with Crippen molar-refractivity contribution in [2.24, 2.45) is 0 Å². The lowest BCUT2D eigenvalue weighted by atomic mass is 9.85. The van der Waals surface area contributed by atoms with E-state index in [2.05, 4.69) is 10.6 Å². The van der Waals surface area contributed by atoms with Gasteiger partial charge in [-0.05, 0) is 38.0 Å². The fourth-order valence-electron chi connectivity index (χ4n) is 5.32. The predicted molar refractivity (Wildman–Crippen MR) is 156 cm³/mol. The highest BCUT2D eigenvalue weighted by molar-refractivity contribution is 5.90. The first-order valence-electron chi connectivity index (χ1n) is 14.5. The molecular formula is C31H34N4O9. The Morgan fingerprint density at radius 1 is 1.14 bits per heavy atom. The molecule has 44 heavy (non-hydrogen) atoms. The van der Waals surface area contributed by atoms with E-state index in [0.717, 1.165) is 16.5 Å². The second-order valence-electron chi connectivity index (χ2n) is 10.6. The molecule has 1 unspecified atom stereocenters. The van der Waals surface area contributed by atoms with Crippen LogP contribution < -0.4 is 16.2 Å². The number of hydrogen-bond donors (Lipinski definition) is 2. The van der Waals surface area contributed by atoms with Crippen molar-refractivity contribution >= 4 is 34.8 Å². The minimum absolute atomic E-state index is 0.0110. The molecule has 1 aromatic carbocycles. The molecule has 2 atom stereocenters. The molecule has 0 saturated carbocycles. The smallest absolute Gasteiger partial charge is 0.407 e. The van der Waals surface area contributed by atoms with Gasteiger partial charge in [0.1, 0.15) is 19.3 Å². The second-order valence-corrected chi connectivity index (χ2v) is 10.6. The van der Waals surface area contributed by atoms with Crippen molar-refractivity contribution in [2.75, 3.05) is 26.4 Å². The molecule has 0 spiro atoms. The maximum atomic E-state index is 13.7. The van der Waals surface area contributed by atoms with E-state index in [4.69, 9.17) is 23.9 Å². The number of rotatable bonds is 11. The summed E-state index contributed by atoms with van der Waals surface area (Å²) in [6.07, 6.45) is 0.107. The summed E-state index contributed by atoms with van der Waals surface area (Å²) >= 11 is 0. The minimum Gasteiger partial charge on any atom is -0.457 e. The maximum Gasteiger partial charge on any atom is 0.407 e. The Bertz CT molecular complexity index is 1680. The van der Waals surface area contributed by atoms with Crippen LogP contribution in [0.15, 0.2) is 41.2 Å². The van der Waals surface area contributed by atoms with Crippen molar-refractivity contribution in [3.05, 3.63) is 63.4 Å². The SMILES string of the molecule is CCCOC(=O)NCCOCC(=O)NC(C)C(=O)O[C@]1(CC)C(=O)OCc2c1cc1n(c2=O)Cc2cc3ccccc3nc2-1. The highest BCUT2D eigenvalue weighted by atomic mass is 16.6. The fourth-order valence-corrected chi connectivity index (χ4v) is 5.32. The van der Waals surface area contributed by atoms with Crippen molar-refractivity contribution in [2.45, 2.75) is 58.4 Å². The molecule has 2 amide bonds. The predicted octanol–water partition coefficient (Wildman–Crippen LogP) is 2.29. The van der Waals surface area contributed by atoms with E-state index in [1.165, 1.54) is 6.92 Å². The molecule has 5 rings (SSSR count). The third-order valence-electron chi connectivity index (χ3n) is 7.58. The highest BCUT2D eigenvalue weighted by Crippen LogP contribution is 2.41. The number of para-hydroxylation sites is 1. The van der Waals surface area contributed by atoms with E-state index in [1.807, 2.05) is 37.3 Å². The summed E-state index contributed by atoms with van der Waals surface area (Å²) in [5.74, 6) is -2.30. The van der Waals surface area contributed by atoms with Crippen LogP contribution in [-0.4, -0.2) is 65.9 Å². The molecule has 3 aromatic rings. The molecule has 2 aliphatic rings. The third-order valence-corrected chi connectivity index (χ3v) is 7.58. The van der Waals surface area contributed by atoms with Gasteiger partial charge in [-0.25, -0.2) is 19.4 Å². The summed E-state index contributed by atoms with van der Waals surface area (Å²) in [6.45, 7) is 5.09. The van der Waals surface area contributed by atoms with Crippen molar-refractivity contribution < 1.29 is 38.1 Å². The van der Waals surface area contributed by atoms with Crippen LogP contribution in [0.1, 0.15) is 50.3 Å². The van der Waals surface area contributed by atoms with Crippen LogP contribution in [0.3, 0.4) is 0 Å². The van der Waals surface area contributed by atoms with Crippen molar-refractivity contribution in [3.63, 3.8) is 0 Å². The van der Waals surface area contributed by atoms with Crippen LogP contribution in [0.4, 0.5) is 4.79 Å². The molecule has 2 aromatic heterocycles. The van der Waals surface area contributed by atoms with Gasteiger partial charge in [-0.1, -0.05) is 32.0 Å². The molecule has 0 radical (unpaired) electrons. The molecule has 2 aliphatic heterocycles. The molecule has 0 bridgehead atoms. The van der Waals surface area contributed by atoms with Gasteiger partial charge < -0.3 is 34.1 Å². The molecule has 4 heterocycles. The molecule has 13 heteroatoms. The number of nitrogens with zero attached hydrogens (tertiary/aromatic N) is 2. The first-order chi connectivity index (χ1) is 21.2. The van der Waals surface area contributed by atoms with Gasteiger partial charge in [0.2, 0.25) is 11.5 Å². The van der Waals surface area contributed by atoms with E-state index in [-0.39, 0.29) is 49.5 Å². The van der Waals surface area contributed by atoms with Gasteiger partial charge in [0.15, 0.2) is 0 Å². The topological polar surface area (TPSA) is 164 Å². The number of nitrogens with one attached hydrogen (secondary N) is 2. The summed E-state index contributed by atoms with van der Waals surface area (Å²) in [5, 5.41) is 5.91. The molecule has 232 valence electrons. The van der Waals surface area contributed by atoms with Gasteiger partial charge in [-0.3, -0.25) is 9.59 Å². The van der Waals surface area contributed by atoms with Crippen LogP contribution in [0.2, 0.25) is 0 Å². The van der Waals surface area contributed by atoms with Gasteiger partial charge in [0.05, 0.1) is 42.2 Å². The normalized spacial score (nSPS) is 17.1. The summed E-state index contributed by atoms with van der Waals surface area (Å²) in [6, 6.07) is 10.1. The number of benzene rings is 1. The zero-order valence-electron chi connectivity index (χ0n) is 24.8. The molecule has 0 aliphatic carbocycles. The number of cyclic esters (lactones) is 1. The first kappa shape index (κ1) is 30.7. The quantitative estimate of drug-likeness (QED) is 0.147. The summed E-state index contributed by atoms with van der Waals surface area (Å²) in [4.78, 5) is 68.8. The molecule has 0 fully saturated rings. The number of ether oxygens (including phenoxy) is 4. The van der Waals surface area contributed by atoms with E-state index in [1.54, 1.807) is 17.6 Å². The Labute approximate surface area is 252 Å². The average Bonchev–Trinajstić information content (AvgIpc) is 3.37. The lowest BCUT2D eigenvalue weighted by Gasteiger charge is -2.36. The number of carbonyl (C=O) groups excluding carboxylic acids is 4. The van der Waals surface area contributed by atoms with Crippen LogP contribution in [-0.2, 0) is 52.1 Å². The number of hydrogen-bond acceptors (Lipinski definition) is 10. The summed E-state index contributed by atoms with van der Waals surface area (Å²) in [5.41, 5.74) is 0.974. The van der Waals surface area contributed by atoms with E-state index < -0.39 is 35.6 Å². The number of fused-ring (bicyclic) bond motifs is 5. The Morgan fingerprint density at radius 3 is 2.70 bits per heavy atom. The summed E-state index contributed by atoms with van der Waals surface area (Å²) in [7, 11) is 0. The van der Waals surface area contributed by atoms with Crippen LogP contribution in [0.25, 0.3) is 22.3 Å². The lowest BCUT2D eigenvalue weighted by molar-refractivity contribution is -0.190. The van der Waals surface area contributed by atoms with E-state index in [0.29, 0.717) is 31.0 Å². The van der Waals surface area contributed by atoms with E-state index in [9.17, 15) is 24.0 Å². The van der Waals surface area contributed by atoms with Gasteiger partial charge in [-0.15, -0.1) is 0 Å². The highest BCUT2D eigenvalue weighted by Gasteiger charge is 2.51. The van der Waals surface area contributed by atoms with Crippen LogP contribution >= 0.6 is 0 Å². The van der Waals surface area contributed by atoms with Gasteiger partial charge in [0.25, 0.3) is 5.56 Å². The monoisotopic (exact) mass is 606 g/mol. The Kier molecular flexibility index (Phi) is 8.95. The number of aromatic nitrogens is 2. The number of amides is 2. The number of pyridine rings is 2. The number of esters is 2. The van der Waals surface area contributed by atoms with Crippen molar-refractivity contribution in [1.82, 2.24) is 20.2 Å². The zero-order chi connectivity index (χ0) is 31.4.